The summed E-state index contributed by atoms with van der Waals surface area (Å²) in [6, 6.07) is 19.5. The number of rotatable bonds is 4. The van der Waals surface area contributed by atoms with Crippen LogP contribution in [0, 0.1) is 0 Å². The fourth-order valence-electron chi connectivity index (χ4n) is 3.31. The number of nitrogens with zero attached hydrogens (tertiary/aromatic N) is 1. The molecule has 1 heterocycles. The lowest BCUT2D eigenvalue weighted by atomic mass is 10.0. The van der Waals surface area contributed by atoms with E-state index in [0.29, 0.717) is 6.54 Å². The van der Waals surface area contributed by atoms with Gasteiger partial charge in [-0.25, -0.2) is 4.57 Å². The highest BCUT2D eigenvalue weighted by atomic mass is 16.3. The Kier molecular flexibility index (Phi) is 3.97. The van der Waals surface area contributed by atoms with E-state index in [0.717, 1.165) is 12.0 Å². The third kappa shape index (κ3) is 2.89. The summed E-state index contributed by atoms with van der Waals surface area (Å²) in [7, 11) is 0. The Morgan fingerprint density at radius 1 is 0.833 bits per heavy atom. The van der Waals surface area contributed by atoms with Crippen molar-refractivity contribution in [2.24, 2.45) is 0 Å². The number of aliphatic hydroxyl groups excluding tert-OH is 1. The molecule has 2 nitrogen and oxygen atoms in total. The number of hydrogen-bond acceptors (Lipinski definition) is 1. The molecule has 0 saturated carbocycles. The highest BCUT2D eigenvalue weighted by Crippen LogP contribution is 2.36. The minimum absolute atomic E-state index is 0.164. The molecule has 0 spiro atoms. The van der Waals surface area contributed by atoms with Crippen LogP contribution in [0.4, 0.5) is 0 Å². The summed E-state index contributed by atoms with van der Waals surface area (Å²) < 4.78 is 1.98. The van der Waals surface area contributed by atoms with Crippen molar-refractivity contribution < 1.29 is 9.67 Å². The molecule has 2 aromatic carbocycles. The van der Waals surface area contributed by atoms with Gasteiger partial charge in [-0.2, -0.15) is 0 Å². The first-order valence-corrected chi connectivity index (χ1v) is 8.33. The topological polar surface area (TPSA) is 24.1 Å². The Morgan fingerprint density at radius 2 is 1.58 bits per heavy atom. The Balaban J connectivity index is 1.55. The van der Waals surface area contributed by atoms with Crippen LogP contribution in [-0.4, -0.2) is 11.7 Å². The molecule has 0 atom stereocenters. The fourth-order valence-corrected chi connectivity index (χ4v) is 3.31. The van der Waals surface area contributed by atoms with Crippen molar-refractivity contribution in [2.75, 3.05) is 6.61 Å². The van der Waals surface area contributed by atoms with Crippen LogP contribution in [0.3, 0.4) is 0 Å². The highest BCUT2D eigenvalue weighted by molar-refractivity contribution is 5.79. The van der Waals surface area contributed by atoms with Crippen LogP contribution in [0.2, 0.25) is 0 Å². The van der Waals surface area contributed by atoms with Crippen LogP contribution in [0.1, 0.15) is 22.3 Å². The second-order valence-electron chi connectivity index (χ2n) is 6.18. The van der Waals surface area contributed by atoms with E-state index in [4.69, 9.17) is 5.11 Å². The molecule has 0 saturated heterocycles. The monoisotopic (exact) mass is 314 g/mol. The van der Waals surface area contributed by atoms with Crippen LogP contribution in [0.25, 0.3) is 23.3 Å². The van der Waals surface area contributed by atoms with Crippen molar-refractivity contribution >= 4 is 12.2 Å². The van der Waals surface area contributed by atoms with Crippen LogP contribution in [0.5, 0.6) is 0 Å². The molecule has 0 fully saturated rings. The molecule has 4 rings (SSSR count). The number of fused-ring (bicyclic) bond motifs is 3. The molecule has 118 valence electrons. The molecule has 1 aliphatic rings. The molecule has 1 aromatic heterocycles. The molecule has 0 unspecified atom stereocenters. The summed E-state index contributed by atoms with van der Waals surface area (Å²) in [4.78, 5) is 0. The van der Waals surface area contributed by atoms with Gasteiger partial charge in [0.25, 0.3) is 0 Å². The summed E-state index contributed by atoms with van der Waals surface area (Å²) in [6.07, 6.45) is 9.31. The van der Waals surface area contributed by atoms with Crippen molar-refractivity contribution in [1.82, 2.24) is 0 Å². The highest BCUT2D eigenvalue weighted by Gasteiger charge is 2.17. The van der Waals surface area contributed by atoms with Crippen molar-refractivity contribution in [3.05, 3.63) is 89.2 Å². The summed E-state index contributed by atoms with van der Waals surface area (Å²) in [6.45, 7) is 0.798. The molecule has 2 heteroatoms. The van der Waals surface area contributed by atoms with Gasteiger partial charge in [-0.3, -0.25) is 0 Å². The van der Waals surface area contributed by atoms with Crippen LogP contribution in [-0.2, 0) is 13.0 Å². The number of benzene rings is 2. The first kappa shape index (κ1) is 14.9. The van der Waals surface area contributed by atoms with E-state index in [1.165, 1.54) is 27.8 Å². The average molecular weight is 314 g/mol. The number of aliphatic hydroxyl groups is 1. The van der Waals surface area contributed by atoms with E-state index in [1.54, 1.807) is 0 Å². The van der Waals surface area contributed by atoms with E-state index < -0.39 is 0 Å². The molecule has 0 aliphatic heterocycles. The predicted octanol–water partition coefficient (Wildman–Crippen LogP) is 3.71. The quantitative estimate of drug-likeness (QED) is 0.571. The predicted molar refractivity (Wildman–Crippen MR) is 97.3 cm³/mol. The first-order valence-electron chi connectivity index (χ1n) is 8.33. The number of aromatic nitrogens is 1. The standard InChI is InChI=1S/C22H20NO/c24-14-13-23-11-9-17(10-12-23)5-6-18-7-8-22-20(15-18)16-19-3-1-2-4-21(19)22/h1-12,15,24H,13-14,16H2/q+1/b6-5+. The Morgan fingerprint density at radius 3 is 2.42 bits per heavy atom. The normalized spacial score (nSPS) is 12.4. The van der Waals surface area contributed by atoms with Crippen molar-refractivity contribution in [2.45, 2.75) is 13.0 Å². The van der Waals surface area contributed by atoms with Gasteiger partial charge >= 0.3 is 0 Å². The summed E-state index contributed by atoms with van der Waals surface area (Å²) in [5.41, 5.74) is 7.96. The van der Waals surface area contributed by atoms with Gasteiger partial charge in [-0.15, -0.1) is 0 Å². The maximum absolute atomic E-state index is 8.95. The minimum Gasteiger partial charge on any atom is -0.390 e. The fraction of sp³-hybridized carbons (Fsp3) is 0.136. The first-order chi connectivity index (χ1) is 11.8. The lowest BCUT2D eigenvalue weighted by molar-refractivity contribution is -0.698. The van der Waals surface area contributed by atoms with Crippen molar-refractivity contribution in [1.29, 1.82) is 0 Å². The van der Waals surface area contributed by atoms with Gasteiger partial charge < -0.3 is 5.11 Å². The second kappa shape index (κ2) is 6.42. The summed E-state index contributed by atoms with van der Waals surface area (Å²) in [5, 5.41) is 8.95. The van der Waals surface area contributed by atoms with Crippen molar-refractivity contribution in [3.63, 3.8) is 0 Å². The zero-order valence-corrected chi connectivity index (χ0v) is 13.5. The molecule has 3 aromatic rings. The van der Waals surface area contributed by atoms with Gasteiger partial charge in [0, 0.05) is 12.1 Å². The second-order valence-corrected chi connectivity index (χ2v) is 6.18. The molecule has 0 radical (unpaired) electrons. The minimum atomic E-state index is 0.164. The number of pyridine rings is 1. The maximum atomic E-state index is 8.95. The molecular weight excluding hydrogens is 294 g/mol. The van der Waals surface area contributed by atoms with E-state index in [2.05, 4.69) is 66.7 Å². The van der Waals surface area contributed by atoms with Gasteiger partial charge in [0.05, 0.1) is 0 Å². The molecule has 1 aliphatic carbocycles. The average Bonchev–Trinajstić information content (AvgIpc) is 2.99. The third-order valence-corrected chi connectivity index (χ3v) is 4.56. The van der Waals surface area contributed by atoms with Crippen LogP contribution < -0.4 is 4.57 Å². The van der Waals surface area contributed by atoms with E-state index in [-0.39, 0.29) is 6.61 Å². The molecule has 24 heavy (non-hydrogen) atoms. The molecule has 0 bridgehead atoms. The Bertz CT molecular complexity index is 894. The van der Waals surface area contributed by atoms with Gasteiger partial charge in [0.1, 0.15) is 6.61 Å². The van der Waals surface area contributed by atoms with Crippen LogP contribution >= 0.6 is 0 Å². The van der Waals surface area contributed by atoms with E-state index in [9.17, 15) is 0 Å². The molecule has 1 N–H and O–H groups in total. The summed E-state index contributed by atoms with van der Waals surface area (Å²) >= 11 is 0. The van der Waals surface area contributed by atoms with Crippen LogP contribution in [0.15, 0.2) is 67.0 Å². The third-order valence-electron chi connectivity index (χ3n) is 4.56. The molecule has 0 amide bonds. The van der Waals surface area contributed by atoms with Gasteiger partial charge in [0.15, 0.2) is 18.9 Å². The SMILES string of the molecule is OCC[n+]1ccc(/C=C/c2ccc3c(c2)Cc2ccccc2-3)cc1. The molecular formula is C22H20NO+. The van der Waals surface area contributed by atoms with Crippen molar-refractivity contribution in [3.8, 4) is 11.1 Å². The lowest BCUT2D eigenvalue weighted by Gasteiger charge is -2.02. The van der Waals surface area contributed by atoms with Gasteiger partial charge in [-0.05, 0) is 39.8 Å². The maximum Gasteiger partial charge on any atom is 0.171 e. The van der Waals surface area contributed by atoms with E-state index in [1.807, 2.05) is 17.0 Å². The smallest absolute Gasteiger partial charge is 0.171 e. The summed E-state index contributed by atoms with van der Waals surface area (Å²) in [5.74, 6) is 0. The largest absolute Gasteiger partial charge is 0.390 e. The Hall–Kier alpha value is -2.71. The lowest BCUT2D eigenvalue weighted by Crippen LogP contribution is -2.34. The van der Waals surface area contributed by atoms with Gasteiger partial charge in [-0.1, -0.05) is 54.6 Å². The van der Waals surface area contributed by atoms with E-state index >= 15 is 0 Å². The zero-order valence-electron chi connectivity index (χ0n) is 13.5. The number of hydrogen-bond donors (Lipinski definition) is 1. The Labute approximate surface area is 142 Å². The van der Waals surface area contributed by atoms with Gasteiger partial charge in [0.2, 0.25) is 0 Å². The zero-order chi connectivity index (χ0) is 16.4.